The Bertz CT molecular complexity index is 1320. The molecule has 4 N–H and O–H groups in total. The first-order valence-electron chi connectivity index (χ1n) is 20.0. The van der Waals surface area contributed by atoms with E-state index in [9.17, 15) is 29.7 Å². The summed E-state index contributed by atoms with van der Waals surface area (Å²) >= 11 is 0. The van der Waals surface area contributed by atoms with E-state index in [1.807, 2.05) is 32.8 Å². The van der Waals surface area contributed by atoms with Gasteiger partial charge >= 0.3 is 11.9 Å². The summed E-state index contributed by atoms with van der Waals surface area (Å²) in [6.07, 6.45) is -8.85. The van der Waals surface area contributed by atoms with Crippen LogP contribution in [0.1, 0.15) is 102 Å². The van der Waals surface area contributed by atoms with E-state index in [-0.39, 0.29) is 31.4 Å². The summed E-state index contributed by atoms with van der Waals surface area (Å²) in [4.78, 5) is 42.6. The molecular weight excluding hydrogens is 732 g/mol. The van der Waals surface area contributed by atoms with E-state index in [1.165, 1.54) is 28.1 Å². The lowest BCUT2D eigenvalue weighted by Crippen LogP contribution is -2.61. The second-order valence-electron chi connectivity index (χ2n) is 17.3. The van der Waals surface area contributed by atoms with Gasteiger partial charge < -0.3 is 63.4 Å². The molecule has 16 heteroatoms. The Morgan fingerprint density at radius 2 is 1.52 bits per heavy atom. The number of cyclic esters (lactones) is 1. The maximum Gasteiger partial charge on any atom is 0.311 e. The Labute approximate surface area is 333 Å². The van der Waals surface area contributed by atoms with Crippen molar-refractivity contribution in [2.75, 3.05) is 28.3 Å². The van der Waals surface area contributed by atoms with Crippen molar-refractivity contribution in [3.63, 3.8) is 0 Å². The summed E-state index contributed by atoms with van der Waals surface area (Å²) in [5, 5.41) is 36.9. The van der Waals surface area contributed by atoms with E-state index in [0.717, 1.165) is 0 Å². The van der Waals surface area contributed by atoms with Crippen molar-refractivity contribution in [2.24, 2.45) is 17.8 Å². The molecule has 3 saturated heterocycles. The van der Waals surface area contributed by atoms with E-state index in [4.69, 9.17) is 37.9 Å². The van der Waals surface area contributed by atoms with Crippen LogP contribution in [0.5, 0.6) is 0 Å². The Morgan fingerprint density at radius 1 is 0.911 bits per heavy atom. The molecule has 3 fully saturated rings. The zero-order valence-electron chi connectivity index (χ0n) is 36.3. The van der Waals surface area contributed by atoms with Crippen molar-refractivity contribution >= 4 is 17.8 Å². The van der Waals surface area contributed by atoms with Crippen LogP contribution in [0, 0.1) is 17.8 Å². The molecule has 0 saturated carbocycles. The second kappa shape index (κ2) is 19.4. The summed E-state index contributed by atoms with van der Waals surface area (Å²) in [5.74, 6) is -4.22. The van der Waals surface area contributed by atoms with Crippen LogP contribution in [0.15, 0.2) is 0 Å². The standard InChI is InChI=1S/C40H72N2O14/c1-16-28-40(11,48)32(44)24(6)41-35(46)20(2)18-39(10,50-15)34(56-37-31(53-26(8)43)27(42(12)13)17-21(3)51-37)22(4)30(23(5)36(47)54-28)55-29-19-38(9,49-14)33(45)25(7)52-29/h20-25,27-34,37,44-45,48H,16-19H2,1-15H3,(H,41,46)/t20-,21-,22+,23-,24-,25+,27+,28-,29+,30+,31-,32-,33+,34-,37+,38-,39-,40-/m1/s1. The molecule has 3 aliphatic rings. The molecule has 0 radical (unpaired) electrons. The molecule has 0 aromatic heterocycles. The fourth-order valence-electron chi connectivity index (χ4n) is 8.72. The van der Waals surface area contributed by atoms with E-state index in [2.05, 4.69) is 5.32 Å². The number of nitrogens with zero attached hydrogens (tertiary/aromatic N) is 1. The van der Waals surface area contributed by atoms with Gasteiger partial charge in [0.05, 0.1) is 53.6 Å². The molecule has 3 heterocycles. The average molecular weight is 805 g/mol. The molecule has 326 valence electrons. The summed E-state index contributed by atoms with van der Waals surface area (Å²) in [7, 11) is 6.76. The topological polar surface area (TPSA) is 201 Å². The molecule has 0 aliphatic carbocycles. The highest BCUT2D eigenvalue weighted by atomic mass is 16.7. The second-order valence-corrected chi connectivity index (χ2v) is 17.3. The van der Waals surface area contributed by atoms with E-state index in [1.54, 1.807) is 48.5 Å². The molecular formula is C40H72N2O14. The third-order valence-electron chi connectivity index (χ3n) is 12.4. The number of carbonyl (C=O) groups is 3. The number of hydrogen-bond donors (Lipinski definition) is 4. The predicted octanol–water partition coefficient (Wildman–Crippen LogP) is 2.31. The van der Waals surface area contributed by atoms with Gasteiger partial charge in [-0.3, -0.25) is 14.4 Å². The monoisotopic (exact) mass is 804 g/mol. The number of carbonyl (C=O) groups excluding carboxylic acids is 3. The lowest BCUT2D eigenvalue weighted by molar-refractivity contribution is -0.320. The highest BCUT2D eigenvalue weighted by Crippen LogP contribution is 2.41. The Morgan fingerprint density at radius 3 is 2.05 bits per heavy atom. The molecule has 16 nitrogen and oxygen atoms in total. The predicted molar refractivity (Wildman–Crippen MR) is 204 cm³/mol. The van der Waals surface area contributed by atoms with E-state index in [0.29, 0.717) is 6.42 Å². The molecule has 1 amide bonds. The van der Waals surface area contributed by atoms with E-state index >= 15 is 0 Å². The molecule has 3 aliphatic heterocycles. The Kier molecular flexibility index (Phi) is 16.7. The van der Waals surface area contributed by atoms with Gasteiger partial charge in [-0.25, -0.2) is 0 Å². The van der Waals surface area contributed by atoms with Crippen molar-refractivity contribution < 1.29 is 67.6 Å². The Balaban J connectivity index is 2.27. The van der Waals surface area contributed by atoms with Crippen molar-refractivity contribution in [1.82, 2.24) is 10.2 Å². The number of esters is 2. The maximum absolute atomic E-state index is 14.3. The van der Waals surface area contributed by atoms with Crippen LogP contribution in [-0.4, -0.2) is 157 Å². The molecule has 0 unspecified atom stereocenters. The van der Waals surface area contributed by atoms with Crippen molar-refractivity contribution in [3.8, 4) is 0 Å². The zero-order valence-corrected chi connectivity index (χ0v) is 36.3. The van der Waals surface area contributed by atoms with Crippen LogP contribution >= 0.6 is 0 Å². The van der Waals surface area contributed by atoms with Crippen LogP contribution in [0.25, 0.3) is 0 Å². The smallest absolute Gasteiger partial charge is 0.311 e. The highest BCUT2D eigenvalue weighted by molar-refractivity contribution is 5.78. The Hall–Kier alpha value is -1.99. The first-order chi connectivity index (χ1) is 25.9. The fourth-order valence-corrected chi connectivity index (χ4v) is 8.72. The van der Waals surface area contributed by atoms with E-state index < -0.39 is 114 Å². The lowest BCUT2D eigenvalue weighted by atomic mass is 9.77. The van der Waals surface area contributed by atoms with Gasteiger partial charge in [-0.2, -0.15) is 0 Å². The number of likely N-dealkylation sites (N-methyl/N-ethyl adjacent to an activating group) is 1. The van der Waals surface area contributed by atoms with Gasteiger partial charge in [0.2, 0.25) is 5.91 Å². The van der Waals surface area contributed by atoms with Gasteiger partial charge in [0, 0.05) is 39.4 Å². The summed E-state index contributed by atoms with van der Waals surface area (Å²) < 4.78 is 50.3. The lowest BCUT2D eigenvalue weighted by Gasteiger charge is -2.49. The number of rotatable bonds is 9. The zero-order chi connectivity index (χ0) is 42.7. The van der Waals surface area contributed by atoms with Gasteiger partial charge in [0.15, 0.2) is 18.7 Å². The number of aliphatic hydroxyl groups excluding tert-OH is 2. The fraction of sp³-hybridized carbons (Fsp3) is 0.925. The van der Waals surface area contributed by atoms with Crippen LogP contribution < -0.4 is 5.32 Å². The molecule has 3 rings (SSSR count). The van der Waals surface area contributed by atoms with Gasteiger partial charge in [0.1, 0.15) is 23.9 Å². The number of methoxy groups -OCH3 is 2. The van der Waals surface area contributed by atoms with Crippen molar-refractivity contribution in [2.45, 2.75) is 192 Å². The number of hydrogen-bond acceptors (Lipinski definition) is 15. The first-order valence-corrected chi connectivity index (χ1v) is 20.0. The SMILES string of the molecule is CC[C@H]1OC(=O)[C@H](C)[C@@H](O[C@H]2C[C@@](C)(OC)[C@@H](O)[C@H](C)O2)[C@H](C)[C@@H](O[C@@H]2O[C@H](C)C[C@H](N(C)C)[C@H]2OC(C)=O)[C@](C)(OC)C[C@@H](C)C(=O)N[C@H](C)[C@@H](O)[C@]1(C)O. The highest BCUT2D eigenvalue weighted by Gasteiger charge is 2.54. The number of amides is 1. The summed E-state index contributed by atoms with van der Waals surface area (Å²) in [5.41, 5.74) is -4.31. The molecule has 0 spiro atoms. The molecule has 18 atom stereocenters. The van der Waals surface area contributed by atoms with Gasteiger partial charge in [-0.15, -0.1) is 0 Å². The quantitative estimate of drug-likeness (QED) is 0.247. The minimum atomic E-state index is -1.96. The third-order valence-corrected chi connectivity index (χ3v) is 12.4. The maximum atomic E-state index is 14.3. The number of nitrogens with one attached hydrogen (secondary N) is 1. The molecule has 56 heavy (non-hydrogen) atoms. The van der Waals surface area contributed by atoms with Gasteiger partial charge in [-0.1, -0.05) is 20.8 Å². The summed E-state index contributed by atoms with van der Waals surface area (Å²) in [6, 6.07) is -1.22. The van der Waals surface area contributed by atoms with Crippen LogP contribution in [0.4, 0.5) is 0 Å². The minimum Gasteiger partial charge on any atom is -0.459 e. The minimum absolute atomic E-state index is 0.0786. The first kappa shape index (κ1) is 48.4. The number of aliphatic hydroxyl groups is 3. The van der Waals surface area contributed by atoms with Crippen LogP contribution in [0.3, 0.4) is 0 Å². The van der Waals surface area contributed by atoms with Gasteiger partial charge in [0.25, 0.3) is 0 Å². The average Bonchev–Trinajstić information content (AvgIpc) is 3.12. The van der Waals surface area contributed by atoms with Crippen molar-refractivity contribution in [1.29, 1.82) is 0 Å². The molecule has 0 aromatic carbocycles. The normalized spacial score (nSPS) is 46.3. The van der Waals surface area contributed by atoms with Gasteiger partial charge in [-0.05, 0) is 81.8 Å². The van der Waals surface area contributed by atoms with Crippen molar-refractivity contribution in [3.05, 3.63) is 0 Å². The van der Waals surface area contributed by atoms with Crippen LogP contribution in [-0.2, 0) is 52.3 Å². The molecule has 0 bridgehead atoms. The molecule has 0 aromatic rings. The number of ether oxygens (including phenoxy) is 8. The summed E-state index contributed by atoms with van der Waals surface area (Å²) in [6.45, 7) is 18.3. The third kappa shape index (κ3) is 10.8. The largest absolute Gasteiger partial charge is 0.459 e. The van der Waals surface area contributed by atoms with Crippen LogP contribution in [0.2, 0.25) is 0 Å².